The second kappa shape index (κ2) is 9.78. The van der Waals surface area contributed by atoms with E-state index in [9.17, 15) is 14.9 Å². The average molecular weight is 443 g/mol. The number of hydrogen-bond acceptors (Lipinski definition) is 6. The second-order valence-electron chi connectivity index (χ2n) is 7.18. The largest absolute Gasteiger partial charge is 0.490 e. The minimum absolute atomic E-state index is 0.00619. The summed E-state index contributed by atoms with van der Waals surface area (Å²) in [6.07, 6.45) is 1.77. The monoisotopic (exact) mass is 443 g/mol. The zero-order chi connectivity index (χ0) is 23.2. The highest BCUT2D eigenvalue weighted by molar-refractivity contribution is 6.32. The molecular weight excluding hydrogens is 422 g/mol. The number of nitro groups is 1. The maximum atomic E-state index is 13.0. The van der Waals surface area contributed by atoms with Crippen LogP contribution in [0.25, 0.3) is 6.08 Å². The SMILES string of the molecule is CC1=NN(c2ccccc2)C(=O)/C1=C/c1ccccc1OCCOc1ccc([N+](=O)[O-])cc1. The molecule has 1 aliphatic rings. The first-order valence-electron chi connectivity index (χ1n) is 10.3. The number of benzene rings is 3. The molecule has 33 heavy (non-hydrogen) atoms. The van der Waals surface area contributed by atoms with Crippen LogP contribution in [0.1, 0.15) is 12.5 Å². The standard InChI is InChI=1S/C25H21N3O5/c1-18-23(25(29)27(26-18)20-8-3-2-4-9-20)17-19-7-5-6-10-24(19)33-16-15-32-22-13-11-21(12-14-22)28(30)31/h2-14,17H,15-16H2,1H3/b23-17+. The van der Waals surface area contributed by atoms with Crippen LogP contribution in [0.5, 0.6) is 11.5 Å². The molecule has 8 heteroatoms. The van der Waals surface area contributed by atoms with Crippen molar-refractivity contribution in [2.75, 3.05) is 18.2 Å². The number of nitrogens with zero attached hydrogens (tertiary/aromatic N) is 3. The van der Waals surface area contributed by atoms with E-state index >= 15 is 0 Å². The van der Waals surface area contributed by atoms with Gasteiger partial charge in [-0.25, -0.2) is 0 Å². The van der Waals surface area contributed by atoms with E-state index in [-0.39, 0.29) is 24.8 Å². The van der Waals surface area contributed by atoms with Crippen LogP contribution in [0.2, 0.25) is 0 Å². The molecule has 0 bridgehead atoms. The number of ether oxygens (including phenoxy) is 2. The zero-order valence-corrected chi connectivity index (χ0v) is 17.9. The third kappa shape index (κ3) is 5.07. The average Bonchev–Trinajstić information content (AvgIpc) is 3.12. The molecule has 0 N–H and O–H groups in total. The van der Waals surface area contributed by atoms with Gasteiger partial charge in [-0.05, 0) is 43.3 Å². The van der Waals surface area contributed by atoms with Crippen LogP contribution < -0.4 is 14.5 Å². The molecule has 1 amide bonds. The second-order valence-corrected chi connectivity index (χ2v) is 7.18. The van der Waals surface area contributed by atoms with E-state index in [1.165, 1.54) is 17.1 Å². The Kier molecular flexibility index (Phi) is 6.45. The van der Waals surface area contributed by atoms with Crippen molar-refractivity contribution in [1.82, 2.24) is 0 Å². The minimum atomic E-state index is -0.459. The molecule has 0 radical (unpaired) electrons. The fourth-order valence-corrected chi connectivity index (χ4v) is 3.29. The summed E-state index contributed by atoms with van der Waals surface area (Å²) in [5.74, 6) is 0.926. The van der Waals surface area contributed by atoms with Gasteiger partial charge in [0.05, 0.1) is 21.9 Å². The number of carbonyl (C=O) groups excluding carboxylic acids is 1. The van der Waals surface area contributed by atoms with E-state index in [2.05, 4.69) is 5.10 Å². The van der Waals surface area contributed by atoms with Gasteiger partial charge < -0.3 is 9.47 Å². The number of para-hydroxylation sites is 2. The van der Waals surface area contributed by atoms with Gasteiger partial charge in [-0.15, -0.1) is 0 Å². The minimum Gasteiger partial charge on any atom is -0.490 e. The molecule has 0 spiro atoms. The van der Waals surface area contributed by atoms with Crippen molar-refractivity contribution >= 4 is 29.1 Å². The highest BCUT2D eigenvalue weighted by Crippen LogP contribution is 2.27. The summed E-state index contributed by atoms with van der Waals surface area (Å²) < 4.78 is 11.5. The number of nitro benzene ring substituents is 1. The van der Waals surface area contributed by atoms with E-state index in [0.717, 1.165) is 5.56 Å². The number of non-ortho nitro benzene ring substituents is 1. The Balaban J connectivity index is 1.41. The molecule has 1 aliphatic heterocycles. The third-order valence-corrected chi connectivity index (χ3v) is 4.94. The lowest BCUT2D eigenvalue weighted by Gasteiger charge is -2.12. The maximum absolute atomic E-state index is 13.0. The van der Waals surface area contributed by atoms with Crippen molar-refractivity contribution in [3.05, 3.63) is 100 Å². The van der Waals surface area contributed by atoms with Crippen LogP contribution in [0.3, 0.4) is 0 Å². The zero-order valence-electron chi connectivity index (χ0n) is 17.9. The summed E-state index contributed by atoms with van der Waals surface area (Å²) >= 11 is 0. The van der Waals surface area contributed by atoms with Crippen LogP contribution in [0.15, 0.2) is 89.5 Å². The van der Waals surface area contributed by atoms with Crippen molar-refractivity contribution in [3.8, 4) is 11.5 Å². The Hall–Kier alpha value is -4.46. The molecular formula is C25H21N3O5. The molecule has 0 aliphatic carbocycles. The molecule has 0 unspecified atom stereocenters. The van der Waals surface area contributed by atoms with E-state index < -0.39 is 4.92 Å². The quantitative estimate of drug-likeness (QED) is 0.214. The Bertz CT molecular complexity index is 1220. The van der Waals surface area contributed by atoms with Gasteiger partial charge in [-0.2, -0.15) is 10.1 Å². The van der Waals surface area contributed by atoms with Crippen LogP contribution in [0.4, 0.5) is 11.4 Å². The predicted octanol–water partition coefficient (Wildman–Crippen LogP) is 4.86. The Labute approximate surface area is 190 Å². The van der Waals surface area contributed by atoms with Crippen LogP contribution >= 0.6 is 0 Å². The highest BCUT2D eigenvalue weighted by Gasteiger charge is 2.28. The Morgan fingerprint density at radius 1 is 0.939 bits per heavy atom. The summed E-state index contributed by atoms with van der Waals surface area (Å²) in [6.45, 7) is 2.31. The van der Waals surface area contributed by atoms with Crippen molar-refractivity contribution in [2.45, 2.75) is 6.92 Å². The lowest BCUT2D eigenvalue weighted by Crippen LogP contribution is -2.21. The molecule has 0 saturated carbocycles. The van der Waals surface area contributed by atoms with Crippen LogP contribution in [-0.4, -0.2) is 29.8 Å². The number of anilines is 1. The van der Waals surface area contributed by atoms with Gasteiger partial charge in [0.25, 0.3) is 11.6 Å². The van der Waals surface area contributed by atoms with Gasteiger partial charge in [0, 0.05) is 17.7 Å². The lowest BCUT2D eigenvalue weighted by molar-refractivity contribution is -0.384. The number of hydrazone groups is 1. The molecule has 4 rings (SSSR count). The van der Waals surface area contributed by atoms with E-state index in [1.54, 1.807) is 25.1 Å². The Morgan fingerprint density at radius 2 is 1.61 bits per heavy atom. The van der Waals surface area contributed by atoms with Gasteiger partial charge in [0.2, 0.25) is 0 Å². The molecule has 3 aromatic carbocycles. The van der Waals surface area contributed by atoms with E-state index in [0.29, 0.717) is 28.5 Å². The predicted molar refractivity (Wildman–Crippen MR) is 126 cm³/mol. The molecule has 0 aromatic heterocycles. The van der Waals surface area contributed by atoms with Gasteiger partial charge >= 0.3 is 0 Å². The van der Waals surface area contributed by atoms with Crippen LogP contribution in [-0.2, 0) is 4.79 Å². The molecule has 0 saturated heterocycles. The first-order valence-corrected chi connectivity index (χ1v) is 10.3. The number of rotatable bonds is 8. The van der Waals surface area contributed by atoms with Crippen molar-refractivity contribution in [1.29, 1.82) is 0 Å². The molecule has 1 heterocycles. The summed E-state index contributed by atoms with van der Waals surface area (Å²) in [7, 11) is 0. The summed E-state index contributed by atoms with van der Waals surface area (Å²) in [4.78, 5) is 23.2. The van der Waals surface area contributed by atoms with E-state index in [1.807, 2.05) is 54.6 Å². The molecule has 8 nitrogen and oxygen atoms in total. The fraction of sp³-hybridized carbons (Fsp3) is 0.120. The molecule has 3 aromatic rings. The first-order chi connectivity index (χ1) is 16.0. The van der Waals surface area contributed by atoms with Gasteiger partial charge in [0.15, 0.2) is 0 Å². The topological polar surface area (TPSA) is 94.3 Å². The number of amides is 1. The third-order valence-electron chi connectivity index (χ3n) is 4.94. The highest BCUT2D eigenvalue weighted by atomic mass is 16.6. The first kappa shape index (κ1) is 21.8. The lowest BCUT2D eigenvalue weighted by atomic mass is 10.1. The molecule has 0 fully saturated rings. The van der Waals surface area contributed by atoms with Crippen molar-refractivity contribution in [3.63, 3.8) is 0 Å². The van der Waals surface area contributed by atoms with Gasteiger partial charge in [0.1, 0.15) is 24.7 Å². The van der Waals surface area contributed by atoms with Crippen molar-refractivity contribution in [2.24, 2.45) is 5.10 Å². The van der Waals surface area contributed by atoms with E-state index in [4.69, 9.17) is 9.47 Å². The molecule has 166 valence electrons. The summed E-state index contributed by atoms with van der Waals surface area (Å²) in [6, 6.07) is 22.5. The smallest absolute Gasteiger partial charge is 0.280 e. The Morgan fingerprint density at radius 3 is 2.33 bits per heavy atom. The van der Waals surface area contributed by atoms with Crippen LogP contribution in [0, 0.1) is 10.1 Å². The summed E-state index contributed by atoms with van der Waals surface area (Å²) in [5, 5.41) is 16.5. The molecule has 0 atom stereocenters. The number of carbonyl (C=O) groups is 1. The van der Waals surface area contributed by atoms with Gasteiger partial charge in [-0.3, -0.25) is 14.9 Å². The maximum Gasteiger partial charge on any atom is 0.280 e. The number of hydrogen-bond donors (Lipinski definition) is 0. The summed E-state index contributed by atoms with van der Waals surface area (Å²) in [5.41, 5.74) is 2.59. The normalized spacial score (nSPS) is 14.3. The van der Waals surface area contributed by atoms with Gasteiger partial charge in [-0.1, -0.05) is 36.4 Å². The van der Waals surface area contributed by atoms with Crippen molar-refractivity contribution < 1.29 is 19.2 Å². The fourth-order valence-electron chi connectivity index (χ4n) is 3.29.